The van der Waals surface area contributed by atoms with Gasteiger partial charge in [0.1, 0.15) is 5.60 Å². The van der Waals surface area contributed by atoms with Crippen molar-refractivity contribution >= 4 is 12.0 Å². The highest BCUT2D eigenvalue weighted by atomic mass is 16.7. The van der Waals surface area contributed by atoms with Crippen LogP contribution < -0.4 is 5.32 Å². The number of nitrogens with one attached hydrogen (secondary N) is 1. The minimum absolute atomic E-state index is 0.124. The lowest BCUT2D eigenvalue weighted by molar-refractivity contribution is -0.162. The number of ether oxygens (including phenoxy) is 1. The van der Waals surface area contributed by atoms with E-state index in [1.165, 1.54) is 20.2 Å². The predicted molar refractivity (Wildman–Crippen MR) is 76.9 cm³/mol. The first-order valence-electron chi connectivity index (χ1n) is 6.56. The van der Waals surface area contributed by atoms with Crippen molar-refractivity contribution in [2.24, 2.45) is 5.92 Å². The molecule has 0 radical (unpaired) electrons. The molecule has 0 aromatic heterocycles. The van der Waals surface area contributed by atoms with Crippen LogP contribution in [0, 0.1) is 5.92 Å². The van der Waals surface area contributed by atoms with E-state index in [2.05, 4.69) is 5.32 Å². The van der Waals surface area contributed by atoms with Gasteiger partial charge in [0.05, 0.1) is 13.2 Å². The molecule has 0 aliphatic rings. The Morgan fingerprint density at radius 1 is 1.25 bits per heavy atom. The molecule has 1 N–H and O–H groups in total. The molecule has 6 nitrogen and oxygen atoms in total. The van der Waals surface area contributed by atoms with Crippen molar-refractivity contribution < 1.29 is 19.2 Å². The summed E-state index contributed by atoms with van der Waals surface area (Å²) in [5.41, 5.74) is -0.554. The fourth-order valence-electron chi connectivity index (χ4n) is 1.26. The highest BCUT2D eigenvalue weighted by molar-refractivity contribution is 5.86. The second kappa shape index (κ2) is 7.89. The van der Waals surface area contributed by atoms with E-state index in [0.717, 1.165) is 5.06 Å². The lowest BCUT2D eigenvalue weighted by atomic mass is 10.0. The zero-order valence-electron chi connectivity index (χ0n) is 13.4. The Morgan fingerprint density at radius 3 is 2.20 bits per heavy atom. The lowest BCUT2D eigenvalue weighted by Gasteiger charge is -2.24. The van der Waals surface area contributed by atoms with Crippen LogP contribution in [0.3, 0.4) is 0 Å². The van der Waals surface area contributed by atoms with Gasteiger partial charge in [-0.05, 0) is 26.7 Å². The Morgan fingerprint density at radius 2 is 1.80 bits per heavy atom. The SMILES string of the molecule is CON(C)C(=O)/C=C/C(NC(=O)OC(C)(C)C)C(C)C. The van der Waals surface area contributed by atoms with E-state index < -0.39 is 11.7 Å². The summed E-state index contributed by atoms with van der Waals surface area (Å²) in [7, 11) is 2.92. The van der Waals surface area contributed by atoms with Crippen LogP contribution in [0.4, 0.5) is 4.79 Å². The minimum Gasteiger partial charge on any atom is -0.444 e. The summed E-state index contributed by atoms with van der Waals surface area (Å²) in [5, 5.41) is 3.82. The molecular formula is C14H26N2O4. The summed E-state index contributed by atoms with van der Waals surface area (Å²) in [5.74, 6) is -0.177. The van der Waals surface area contributed by atoms with Crippen molar-refractivity contribution in [3.63, 3.8) is 0 Å². The standard InChI is InChI=1S/C14H26N2O4/c1-10(2)11(8-9-12(17)16(6)19-7)15-13(18)20-14(3,4)5/h8-11H,1-7H3,(H,15,18)/b9-8+. The molecule has 0 saturated carbocycles. The Labute approximate surface area is 121 Å². The first-order chi connectivity index (χ1) is 9.06. The average molecular weight is 286 g/mol. The molecule has 0 heterocycles. The molecule has 0 aromatic carbocycles. The highest BCUT2D eigenvalue weighted by Crippen LogP contribution is 2.09. The zero-order chi connectivity index (χ0) is 15.9. The molecule has 116 valence electrons. The van der Waals surface area contributed by atoms with Crippen LogP contribution in [0.15, 0.2) is 12.2 Å². The molecule has 1 atom stereocenters. The number of hydrogen-bond donors (Lipinski definition) is 1. The summed E-state index contributed by atoms with van der Waals surface area (Å²) >= 11 is 0. The van der Waals surface area contributed by atoms with Crippen molar-refractivity contribution in [2.45, 2.75) is 46.3 Å². The van der Waals surface area contributed by atoms with E-state index in [1.807, 2.05) is 13.8 Å². The summed E-state index contributed by atoms with van der Waals surface area (Å²) in [6, 6.07) is -0.293. The summed E-state index contributed by atoms with van der Waals surface area (Å²) in [4.78, 5) is 28.1. The van der Waals surface area contributed by atoms with E-state index in [1.54, 1.807) is 26.8 Å². The van der Waals surface area contributed by atoms with Gasteiger partial charge >= 0.3 is 6.09 Å². The number of nitrogens with zero attached hydrogens (tertiary/aromatic N) is 1. The Balaban J connectivity index is 4.63. The van der Waals surface area contributed by atoms with Crippen molar-refractivity contribution in [3.8, 4) is 0 Å². The highest BCUT2D eigenvalue weighted by Gasteiger charge is 2.20. The van der Waals surface area contributed by atoms with Gasteiger partial charge in [0, 0.05) is 13.1 Å². The van der Waals surface area contributed by atoms with E-state index >= 15 is 0 Å². The zero-order valence-corrected chi connectivity index (χ0v) is 13.4. The molecule has 0 aromatic rings. The number of amides is 2. The lowest BCUT2D eigenvalue weighted by Crippen LogP contribution is -2.41. The van der Waals surface area contributed by atoms with Gasteiger partial charge in [-0.25, -0.2) is 9.86 Å². The van der Waals surface area contributed by atoms with Crippen LogP contribution in [0.2, 0.25) is 0 Å². The van der Waals surface area contributed by atoms with Gasteiger partial charge in [0.25, 0.3) is 5.91 Å². The fraction of sp³-hybridized carbons (Fsp3) is 0.714. The maximum atomic E-state index is 11.7. The van der Waals surface area contributed by atoms with E-state index in [-0.39, 0.29) is 17.9 Å². The van der Waals surface area contributed by atoms with Gasteiger partial charge in [-0.1, -0.05) is 19.9 Å². The van der Waals surface area contributed by atoms with Gasteiger partial charge in [-0.15, -0.1) is 0 Å². The van der Waals surface area contributed by atoms with Crippen molar-refractivity contribution in [1.29, 1.82) is 0 Å². The van der Waals surface area contributed by atoms with E-state index in [0.29, 0.717) is 0 Å². The third-order valence-electron chi connectivity index (χ3n) is 2.43. The predicted octanol–water partition coefficient (Wildman–Crippen LogP) is 2.11. The van der Waals surface area contributed by atoms with Gasteiger partial charge in [-0.3, -0.25) is 9.63 Å². The monoisotopic (exact) mass is 286 g/mol. The van der Waals surface area contributed by atoms with Gasteiger partial charge < -0.3 is 10.1 Å². The second-order valence-corrected chi connectivity index (χ2v) is 5.79. The molecule has 0 aliphatic heterocycles. The Bertz CT molecular complexity index is 359. The third kappa shape index (κ3) is 7.78. The molecule has 0 rings (SSSR count). The van der Waals surface area contributed by atoms with Gasteiger partial charge in [-0.2, -0.15) is 0 Å². The molecule has 0 spiro atoms. The molecule has 6 heteroatoms. The minimum atomic E-state index is -0.554. The van der Waals surface area contributed by atoms with E-state index in [9.17, 15) is 9.59 Å². The van der Waals surface area contributed by atoms with Gasteiger partial charge in [0.15, 0.2) is 0 Å². The normalized spacial score (nSPS) is 13.4. The third-order valence-corrected chi connectivity index (χ3v) is 2.43. The number of carbonyl (C=O) groups is 2. The smallest absolute Gasteiger partial charge is 0.408 e. The topological polar surface area (TPSA) is 67.9 Å². The maximum absolute atomic E-state index is 11.7. The molecule has 0 saturated heterocycles. The van der Waals surface area contributed by atoms with Crippen LogP contribution in [0.25, 0.3) is 0 Å². The number of likely N-dealkylation sites (N-methyl/N-ethyl adjacent to an activating group) is 1. The van der Waals surface area contributed by atoms with Gasteiger partial charge in [0.2, 0.25) is 0 Å². The molecule has 0 aliphatic carbocycles. The molecular weight excluding hydrogens is 260 g/mol. The number of carbonyl (C=O) groups excluding carboxylic acids is 2. The average Bonchev–Trinajstić information content (AvgIpc) is 2.30. The Hall–Kier alpha value is -1.56. The van der Waals surface area contributed by atoms with Crippen molar-refractivity contribution in [2.75, 3.05) is 14.2 Å². The first kappa shape index (κ1) is 18.4. The number of hydrogen-bond acceptors (Lipinski definition) is 4. The first-order valence-corrected chi connectivity index (χ1v) is 6.56. The molecule has 20 heavy (non-hydrogen) atoms. The van der Waals surface area contributed by atoms with Crippen LogP contribution in [-0.4, -0.2) is 42.9 Å². The number of hydroxylamine groups is 2. The van der Waals surface area contributed by atoms with Crippen molar-refractivity contribution in [3.05, 3.63) is 12.2 Å². The number of rotatable bonds is 5. The van der Waals surface area contributed by atoms with Crippen LogP contribution in [-0.2, 0) is 14.4 Å². The second-order valence-electron chi connectivity index (χ2n) is 5.79. The molecule has 0 bridgehead atoms. The summed E-state index contributed by atoms with van der Waals surface area (Å²) in [6.45, 7) is 9.27. The summed E-state index contributed by atoms with van der Waals surface area (Å²) < 4.78 is 5.19. The van der Waals surface area contributed by atoms with Crippen LogP contribution in [0.5, 0.6) is 0 Å². The number of alkyl carbamates (subject to hydrolysis) is 1. The van der Waals surface area contributed by atoms with Crippen LogP contribution >= 0.6 is 0 Å². The Kier molecular flexibility index (Phi) is 7.28. The van der Waals surface area contributed by atoms with E-state index in [4.69, 9.17) is 9.57 Å². The fourth-order valence-corrected chi connectivity index (χ4v) is 1.26. The molecule has 2 amide bonds. The maximum Gasteiger partial charge on any atom is 0.408 e. The molecule has 0 fully saturated rings. The van der Waals surface area contributed by atoms with Crippen LogP contribution in [0.1, 0.15) is 34.6 Å². The van der Waals surface area contributed by atoms with Crippen molar-refractivity contribution in [1.82, 2.24) is 10.4 Å². The molecule has 1 unspecified atom stereocenters. The largest absolute Gasteiger partial charge is 0.444 e. The quantitative estimate of drug-likeness (QED) is 0.621. The summed E-state index contributed by atoms with van der Waals surface area (Å²) in [6.07, 6.45) is 2.49.